The molecule has 0 fully saturated rings. The van der Waals surface area contributed by atoms with Crippen molar-refractivity contribution in [3.63, 3.8) is 0 Å². The number of nitrogens with one attached hydrogen (secondary N) is 1. The number of amides is 1. The largest absolute Gasteiger partial charge is 0.326 e. The maximum absolute atomic E-state index is 12.9. The first-order valence-corrected chi connectivity index (χ1v) is 5.19. The van der Waals surface area contributed by atoms with Crippen molar-refractivity contribution in [1.82, 2.24) is 4.98 Å². The Kier molecular flexibility index (Phi) is 3.45. The molecule has 0 atom stereocenters. The van der Waals surface area contributed by atoms with E-state index >= 15 is 0 Å². The fourth-order valence-electron chi connectivity index (χ4n) is 1.44. The fraction of sp³-hybridized carbons (Fsp3) is 0.0769. The van der Waals surface area contributed by atoms with Crippen LogP contribution in [-0.2, 0) is 11.2 Å². The van der Waals surface area contributed by atoms with Crippen LogP contribution >= 0.6 is 0 Å². The number of benzene rings is 1. The Morgan fingerprint density at radius 3 is 2.82 bits per heavy atom. The number of halogens is 1. The summed E-state index contributed by atoms with van der Waals surface area (Å²) in [5.74, 6) is -0.588. The van der Waals surface area contributed by atoms with Crippen LogP contribution in [0.15, 0.2) is 48.7 Å². The van der Waals surface area contributed by atoms with Gasteiger partial charge in [0.25, 0.3) is 0 Å². The number of anilines is 1. The molecule has 0 aliphatic rings. The Morgan fingerprint density at radius 2 is 2.12 bits per heavy atom. The van der Waals surface area contributed by atoms with Gasteiger partial charge in [0.05, 0.1) is 6.42 Å². The molecule has 0 saturated heterocycles. The summed E-state index contributed by atoms with van der Waals surface area (Å²) in [6.45, 7) is 0. The van der Waals surface area contributed by atoms with Crippen molar-refractivity contribution in [2.24, 2.45) is 0 Å². The van der Waals surface area contributed by atoms with Gasteiger partial charge in [-0.3, -0.25) is 9.78 Å². The molecule has 1 heterocycles. The molecule has 1 amide bonds. The van der Waals surface area contributed by atoms with Gasteiger partial charge in [-0.25, -0.2) is 4.39 Å². The maximum atomic E-state index is 12.9. The first kappa shape index (κ1) is 11.3. The Balaban J connectivity index is 1.98. The molecule has 1 N–H and O–H groups in total. The Labute approximate surface area is 98.3 Å². The van der Waals surface area contributed by atoms with Crippen molar-refractivity contribution in [2.75, 3.05) is 5.32 Å². The third-order valence-electron chi connectivity index (χ3n) is 2.18. The molecule has 0 spiro atoms. The highest BCUT2D eigenvalue weighted by Gasteiger charge is 2.04. The number of hydrogen-bond acceptors (Lipinski definition) is 2. The van der Waals surface area contributed by atoms with E-state index in [1.807, 2.05) is 6.07 Å². The fourth-order valence-corrected chi connectivity index (χ4v) is 1.44. The van der Waals surface area contributed by atoms with Crippen molar-refractivity contribution in [3.05, 3.63) is 60.2 Å². The van der Waals surface area contributed by atoms with Gasteiger partial charge in [0, 0.05) is 17.6 Å². The number of rotatable bonds is 3. The zero-order chi connectivity index (χ0) is 12.1. The predicted octanol–water partition coefficient (Wildman–Crippen LogP) is 2.40. The zero-order valence-electron chi connectivity index (χ0n) is 9.06. The highest BCUT2D eigenvalue weighted by atomic mass is 19.1. The Morgan fingerprint density at radius 1 is 1.24 bits per heavy atom. The lowest BCUT2D eigenvalue weighted by Gasteiger charge is -2.04. The van der Waals surface area contributed by atoms with Crippen molar-refractivity contribution in [2.45, 2.75) is 6.42 Å². The van der Waals surface area contributed by atoms with Crippen LogP contribution in [0.1, 0.15) is 5.69 Å². The molecule has 0 radical (unpaired) electrons. The minimum atomic E-state index is -0.374. The van der Waals surface area contributed by atoms with Crippen LogP contribution in [0.25, 0.3) is 0 Å². The number of aromatic nitrogens is 1. The van der Waals surface area contributed by atoms with E-state index in [1.165, 1.54) is 12.1 Å². The molecule has 3 nitrogen and oxygen atoms in total. The lowest BCUT2D eigenvalue weighted by Crippen LogP contribution is -2.15. The SMILES string of the molecule is O=C(Cc1ccccn1)Nc1cccc(F)c1. The van der Waals surface area contributed by atoms with Crippen LogP contribution < -0.4 is 5.32 Å². The predicted molar refractivity (Wildman–Crippen MR) is 63.0 cm³/mol. The van der Waals surface area contributed by atoms with E-state index in [0.29, 0.717) is 11.4 Å². The summed E-state index contributed by atoms with van der Waals surface area (Å²) in [6.07, 6.45) is 1.81. The number of carbonyl (C=O) groups is 1. The maximum Gasteiger partial charge on any atom is 0.230 e. The molecule has 17 heavy (non-hydrogen) atoms. The van der Waals surface area contributed by atoms with Gasteiger partial charge in [0.15, 0.2) is 0 Å². The number of hydrogen-bond donors (Lipinski definition) is 1. The van der Waals surface area contributed by atoms with E-state index in [9.17, 15) is 9.18 Å². The van der Waals surface area contributed by atoms with Gasteiger partial charge in [0.1, 0.15) is 5.82 Å². The van der Waals surface area contributed by atoms with E-state index < -0.39 is 0 Å². The highest BCUT2D eigenvalue weighted by Crippen LogP contribution is 2.09. The summed E-state index contributed by atoms with van der Waals surface area (Å²) in [7, 11) is 0. The third kappa shape index (κ3) is 3.38. The quantitative estimate of drug-likeness (QED) is 0.879. The van der Waals surface area contributed by atoms with Crippen molar-refractivity contribution < 1.29 is 9.18 Å². The van der Waals surface area contributed by atoms with Crippen LogP contribution in [0.3, 0.4) is 0 Å². The van der Waals surface area contributed by atoms with Crippen molar-refractivity contribution in [1.29, 1.82) is 0 Å². The van der Waals surface area contributed by atoms with Crippen molar-refractivity contribution >= 4 is 11.6 Å². The summed E-state index contributed by atoms with van der Waals surface area (Å²) in [6, 6.07) is 11.2. The molecular formula is C13H11FN2O. The normalized spacial score (nSPS) is 9.94. The molecule has 0 unspecified atom stereocenters. The average molecular weight is 230 g/mol. The molecule has 4 heteroatoms. The minimum absolute atomic E-state index is 0.178. The molecular weight excluding hydrogens is 219 g/mol. The second kappa shape index (κ2) is 5.21. The van der Waals surface area contributed by atoms with Crippen LogP contribution in [0, 0.1) is 5.82 Å². The smallest absolute Gasteiger partial charge is 0.230 e. The highest BCUT2D eigenvalue weighted by molar-refractivity contribution is 5.91. The second-order valence-corrected chi connectivity index (χ2v) is 3.56. The van der Waals surface area contributed by atoms with Gasteiger partial charge in [0.2, 0.25) is 5.91 Å². The molecule has 0 bridgehead atoms. The molecule has 1 aromatic carbocycles. The monoisotopic (exact) mass is 230 g/mol. The van der Waals surface area contributed by atoms with Gasteiger partial charge in [-0.15, -0.1) is 0 Å². The van der Waals surface area contributed by atoms with Crippen LogP contribution in [0.4, 0.5) is 10.1 Å². The lowest BCUT2D eigenvalue weighted by atomic mass is 10.2. The zero-order valence-corrected chi connectivity index (χ0v) is 9.06. The third-order valence-corrected chi connectivity index (χ3v) is 2.18. The Bertz CT molecular complexity index is 514. The summed E-state index contributed by atoms with van der Waals surface area (Å²) in [5.41, 5.74) is 1.13. The van der Waals surface area contributed by atoms with Gasteiger partial charge >= 0.3 is 0 Å². The van der Waals surface area contributed by atoms with Crippen LogP contribution in [0.2, 0.25) is 0 Å². The first-order valence-electron chi connectivity index (χ1n) is 5.19. The van der Waals surface area contributed by atoms with E-state index in [4.69, 9.17) is 0 Å². The van der Waals surface area contributed by atoms with E-state index in [0.717, 1.165) is 0 Å². The van der Waals surface area contributed by atoms with Crippen molar-refractivity contribution in [3.8, 4) is 0 Å². The molecule has 2 aromatic rings. The summed E-state index contributed by atoms with van der Waals surface area (Å²) < 4.78 is 12.9. The standard InChI is InChI=1S/C13H11FN2O/c14-10-4-3-6-12(8-10)16-13(17)9-11-5-1-2-7-15-11/h1-8H,9H2,(H,16,17). The minimum Gasteiger partial charge on any atom is -0.326 e. The number of nitrogens with zero attached hydrogens (tertiary/aromatic N) is 1. The van der Waals surface area contributed by atoms with E-state index in [1.54, 1.807) is 30.5 Å². The van der Waals surface area contributed by atoms with Gasteiger partial charge in [-0.05, 0) is 30.3 Å². The second-order valence-electron chi connectivity index (χ2n) is 3.56. The lowest BCUT2D eigenvalue weighted by molar-refractivity contribution is -0.115. The molecule has 1 aromatic heterocycles. The van der Waals surface area contributed by atoms with E-state index in [2.05, 4.69) is 10.3 Å². The van der Waals surface area contributed by atoms with Gasteiger partial charge in [-0.2, -0.15) is 0 Å². The molecule has 0 saturated carbocycles. The summed E-state index contributed by atoms with van der Waals surface area (Å²) in [5, 5.41) is 2.61. The topological polar surface area (TPSA) is 42.0 Å². The molecule has 0 aliphatic heterocycles. The van der Waals surface area contributed by atoms with Crippen LogP contribution in [-0.4, -0.2) is 10.9 Å². The van der Waals surface area contributed by atoms with E-state index in [-0.39, 0.29) is 18.1 Å². The molecule has 2 rings (SSSR count). The van der Waals surface area contributed by atoms with Gasteiger partial charge < -0.3 is 5.32 Å². The summed E-state index contributed by atoms with van der Waals surface area (Å²) in [4.78, 5) is 15.7. The number of pyridine rings is 1. The Hall–Kier alpha value is -2.23. The number of carbonyl (C=O) groups excluding carboxylic acids is 1. The first-order chi connectivity index (χ1) is 8.24. The molecule has 86 valence electrons. The molecule has 0 aliphatic carbocycles. The average Bonchev–Trinajstić information content (AvgIpc) is 2.30. The van der Waals surface area contributed by atoms with Gasteiger partial charge in [-0.1, -0.05) is 12.1 Å². The summed E-state index contributed by atoms with van der Waals surface area (Å²) >= 11 is 0. The van der Waals surface area contributed by atoms with Crippen LogP contribution in [0.5, 0.6) is 0 Å².